The molecule has 0 aliphatic heterocycles. The van der Waals surface area contributed by atoms with Gasteiger partial charge in [-0.05, 0) is 43.7 Å². The third-order valence-corrected chi connectivity index (χ3v) is 4.21. The lowest BCUT2D eigenvalue weighted by molar-refractivity contribution is -0.137. The fourth-order valence-electron chi connectivity index (χ4n) is 2.79. The van der Waals surface area contributed by atoms with Crippen LogP contribution in [0, 0.1) is 19.7 Å². The van der Waals surface area contributed by atoms with Crippen molar-refractivity contribution >= 4 is 17.4 Å². The maximum atomic E-state index is 14.0. The van der Waals surface area contributed by atoms with Crippen LogP contribution in [-0.4, -0.2) is 15.7 Å². The van der Waals surface area contributed by atoms with Crippen LogP contribution in [0.25, 0.3) is 5.69 Å². The molecule has 2 aromatic carbocycles. The van der Waals surface area contributed by atoms with Gasteiger partial charge in [-0.2, -0.15) is 18.3 Å². The second-order valence-electron chi connectivity index (χ2n) is 6.19. The zero-order valence-corrected chi connectivity index (χ0v) is 14.9. The number of alkyl halides is 3. The third kappa shape index (κ3) is 3.55. The zero-order chi connectivity index (χ0) is 20.6. The molecule has 0 atom stereocenters. The van der Waals surface area contributed by atoms with Gasteiger partial charge in [-0.3, -0.25) is 4.79 Å². The van der Waals surface area contributed by atoms with E-state index in [1.807, 2.05) is 19.1 Å². The molecule has 1 heterocycles. The van der Waals surface area contributed by atoms with Gasteiger partial charge in [-0.1, -0.05) is 18.2 Å². The molecular weight excluding hydrogens is 376 g/mol. The molecule has 0 bridgehead atoms. The van der Waals surface area contributed by atoms with Gasteiger partial charge >= 0.3 is 6.18 Å². The van der Waals surface area contributed by atoms with E-state index in [1.54, 1.807) is 19.1 Å². The van der Waals surface area contributed by atoms with Gasteiger partial charge in [0.2, 0.25) is 0 Å². The minimum atomic E-state index is -4.68. The van der Waals surface area contributed by atoms with Crippen molar-refractivity contribution in [1.82, 2.24) is 9.78 Å². The van der Waals surface area contributed by atoms with Crippen LogP contribution < -0.4 is 11.1 Å². The molecule has 0 fully saturated rings. The van der Waals surface area contributed by atoms with Crippen LogP contribution in [-0.2, 0) is 6.18 Å². The predicted molar refractivity (Wildman–Crippen MR) is 96.8 cm³/mol. The third-order valence-electron chi connectivity index (χ3n) is 4.21. The average molecular weight is 392 g/mol. The molecule has 1 amide bonds. The number of halogens is 4. The van der Waals surface area contributed by atoms with Crippen LogP contribution in [0.3, 0.4) is 0 Å². The summed E-state index contributed by atoms with van der Waals surface area (Å²) in [4.78, 5) is 12.6. The average Bonchev–Trinajstić information content (AvgIpc) is 2.90. The number of nitrogens with zero attached hydrogens (tertiary/aromatic N) is 2. The van der Waals surface area contributed by atoms with Crippen LogP contribution in [0.15, 0.2) is 42.5 Å². The molecule has 0 aliphatic rings. The summed E-state index contributed by atoms with van der Waals surface area (Å²) < 4.78 is 53.3. The highest BCUT2D eigenvalue weighted by atomic mass is 19.4. The Morgan fingerprint density at radius 3 is 2.43 bits per heavy atom. The number of para-hydroxylation sites is 1. The van der Waals surface area contributed by atoms with E-state index in [9.17, 15) is 22.4 Å². The highest BCUT2D eigenvalue weighted by Gasteiger charge is 2.31. The first-order chi connectivity index (χ1) is 13.1. The second kappa shape index (κ2) is 6.99. The van der Waals surface area contributed by atoms with Crippen LogP contribution in [0.5, 0.6) is 0 Å². The zero-order valence-electron chi connectivity index (χ0n) is 14.9. The van der Waals surface area contributed by atoms with Gasteiger partial charge in [0.1, 0.15) is 17.2 Å². The first-order valence-corrected chi connectivity index (χ1v) is 8.18. The largest absolute Gasteiger partial charge is 0.416 e. The number of hydrogen-bond acceptors (Lipinski definition) is 3. The Kier molecular flexibility index (Phi) is 4.84. The summed E-state index contributed by atoms with van der Waals surface area (Å²) in [7, 11) is 0. The Morgan fingerprint density at radius 1 is 1.14 bits per heavy atom. The smallest absolute Gasteiger partial charge is 0.383 e. The van der Waals surface area contributed by atoms with Gasteiger partial charge in [0.05, 0.1) is 22.6 Å². The van der Waals surface area contributed by atoms with E-state index in [0.29, 0.717) is 23.5 Å². The van der Waals surface area contributed by atoms with Crippen LogP contribution in [0.4, 0.5) is 29.1 Å². The van der Waals surface area contributed by atoms with Crippen molar-refractivity contribution in [3.63, 3.8) is 0 Å². The lowest BCUT2D eigenvalue weighted by Crippen LogP contribution is -2.16. The predicted octanol–water partition coefficient (Wildman–Crippen LogP) is 4.48. The van der Waals surface area contributed by atoms with Crippen molar-refractivity contribution in [2.75, 3.05) is 11.1 Å². The summed E-state index contributed by atoms with van der Waals surface area (Å²) in [5.41, 5.74) is 6.40. The molecule has 1 aromatic heterocycles. The first-order valence-electron chi connectivity index (χ1n) is 8.18. The molecule has 3 rings (SSSR count). The van der Waals surface area contributed by atoms with Gasteiger partial charge in [0, 0.05) is 0 Å². The summed E-state index contributed by atoms with van der Waals surface area (Å²) in [6.45, 7) is 3.41. The standard InChI is InChI=1S/C19H16F4N4O/c1-10-5-3-4-6-15(10)27-17(24)16(11(2)26-27)18(28)25-14-8-7-12(9-13(14)20)19(21,22)23/h3-9H,24H2,1-2H3,(H,25,28). The van der Waals surface area contributed by atoms with Gasteiger partial charge < -0.3 is 11.1 Å². The Balaban J connectivity index is 1.93. The Labute approximate surface area is 157 Å². The molecular formula is C19H16F4N4O. The monoisotopic (exact) mass is 392 g/mol. The van der Waals surface area contributed by atoms with E-state index in [-0.39, 0.29) is 17.1 Å². The number of rotatable bonds is 3. The Hall–Kier alpha value is -3.36. The molecule has 0 saturated heterocycles. The van der Waals surface area contributed by atoms with Gasteiger partial charge in [-0.15, -0.1) is 0 Å². The maximum Gasteiger partial charge on any atom is 0.416 e. The van der Waals surface area contributed by atoms with Crippen LogP contribution >= 0.6 is 0 Å². The highest BCUT2D eigenvalue weighted by Crippen LogP contribution is 2.31. The van der Waals surface area contributed by atoms with Crippen LogP contribution in [0.2, 0.25) is 0 Å². The molecule has 0 spiro atoms. The van der Waals surface area contributed by atoms with E-state index >= 15 is 0 Å². The SMILES string of the molecule is Cc1ccccc1-n1nc(C)c(C(=O)Nc2ccc(C(F)(F)F)cc2F)c1N. The molecule has 0 unspecified atom stereocenters. The van der Waals surface area contributed by atoms with E-state index in [0.717, 1.165) is 11.6 Å². The quantitative estimate of drug-likeness (QED) is 0.646. The lowest BCUT2D eigenvalue weighted by atomic mass is 10.1. The van der Waals surface area contributed by atoms with E-state index in [4.69, 9.17) is 5.73 Å². The molecule has 0 aliphatic carbocycles. The number of amides is 1. The Morgan fingerprint density at radius 2 is 1.82 bits per heavy atom. The summed E-state index contributed by atoms with van der Waals surface area (Å²) >= 11 is 0. The van der Waals surface area contributed by atoms with Crippen molar-refractivity contribution in [3.8, 4) is 5.69 Å². The number of nitrogens with two attached hydrogens (primary N) is 1. The summed E-state index contributed by atoms with van der Waals surface area (Å²) in [6.07, 6.45) is -4.68. The van der Waals surface area contributed by atoms with Gasteiger partial charge in [-0.25, -0.2) is 9.07 Å². The van der Waals surface area contributed by atoms with E-state index in [2.05, 4.69) is 10.4 Å². The summed E-state index contributed by atoms with van der Waals surface area (Å²) in [6, 6.07) is 9.11. The molecule has 28 heavy (non-hydrogen) atoms. The van der Waals surface area contributed by atoms with Gasteiger partial charge in [0.25, 0.3) is 5.91 Å². The van der Waals surface area contributed by atoms with Crippen LogP contribution in [0.1, 0.15) is 27.2 Å². The van der Waals surface area contributed by atoms with Crippen molar-refractivity contribution in [3.05, 3.63) is 70.7 Å². The molecule has 0 saturated carbocycles. The number of hydrogen-bond donors (Lipinski definition) is 2. The fourth-order valence-corrected chi connectivity index (χ4v) is 2.79. The number of carbonyl (C=O) groups excluding carboxylic acids is 1. The Bertz CT molecular complexity index is 1060. The van der Waals surface area contributed by atoms with Crippen molar-refractivity contribution in [2.45, 2.75) is 20.0 Å². The minimum absolute atomic E-state index is 0.0163. The molecule has 3 N–H and O–H groups in total. The molecule has 146 valence electrons. The number of benzene rings is 2. The number of anilines is 2. The number of nitrogen functional groups attached to an aromatic ring is 1. The number of aromatic nitrogens is 2. The summed E-state index contributed by atoms with van der Waals surface area (Å²) in [5, 5.41) is 6.51. The second-order valence-corrected chi connectivity index (χ2v) is 6.19. The fraction of sp³-hybridized carbons (Fsp3) is 0.158. The summed E-state index contributed by atoms with van der Waals surface area (Å²) in [5.74, 6) is -1.93. The normalized spacial score (nSPS) is 11.5. The number of aryl methyl sites for hydroxylation is 2. The van der Waals surface area contributed by atoms with Gasteiger partial charge in [0.15, 0.2) is 0 Å². The maximum absolute atomic E-state index is 14.0. The van der Waals surface area contributed by atoms with E-state index < -0.39 is 23.5 Å². The molecule has 3 aromatic rings. The number of carbonyl (C=O) groups is 1. The van der Waals surface area contributed by atoms with Crippen molar-refractivity contribution < 1.29 is 22.4 Å². The number of nitrogens with one attached hydrogen (secondary N) is 1. The van der Waals surface area contributed by atoms with Crippen molar-refractivity contribution in [1.29, 1.82) is 0 Å². The topological polar surface area (TPSA) is 72.9 Å². The first kappa shape index (κ1) is 19.4. The van der Waals surface area contributed by atoms with Crippen molar-refractivity contribution in [2.24, 2.45) is 0 Å². The molecule has 9 heteroatoms. The lowest BCUT2D eigenvalue weighted by Gasteiger charge is -2.11. The minimum Gasteiger partial charge on any atom is -0.383 e. The highest BCUT2D eigenvalue weighted by molar-refractivity contribution is 6.08. The molecule has 5 nitrogen and oxygen atoms in total. The molecule has 0 radical (unpaired) electrons. The van der Waals surface area contributed by atoms with E-state index in [1.165, 1.54) is 4.68 Å².